The third kappa shape index (κ3) is 14.7. The van der Waals surface area contributed by atoms with Crippen LogP contribution in [0.5, 0.6) is 0 Å². The van der Waals surface area contributed by atoms with Gasteiger partial charge in [0.15, 0.2) is 0 Å². The maximum absolute atomic E-state index is 12.3. The Kier molecular flexibility index (Phi) is 17.0. The van der Waals surface area contributed by atoms with Gasteiger partial charge in [-0.2, -0.15) is 0 Å². The number of hydrogen-bond donors (Lipinski definition) is 5. The molecule has 0 heterocycles. The molecule has 0 aliphatic carbocycles. The van der Waals surface area contributed by atoms with Crippen molar-refractivity contribution in [3.8, 4) is 0 Å². The molecule has 0 spiro atoms. The van der Waals surface area contributed by atoms with Gasteiger partial charge in [-0.3, -0.25) is 9.79 Å². The number of benzene rings is 1. The molecule has 1 aromatic rings. The highest BCUT2D eigenvalue weighted by molar-refractivity contribution is 6.00. The number of nitrogens with zero attached hydrogens (tertiary/aromatic N) is 2. The normalized spacial score (nSPS) is 14.2. The van der Waals surface area contributed by atoms with Crippen LogP contribution in [-0.2, 0) is 4.79 Å². The van der Waals surface area contributed by atoms with E-state index in [1.807, 2.05) is 20.8 Å². The molecule has 220 valence electrons. The number of carbonyl (C=O) groups is 1. The van der Waals surface area contributed by atoms with Crippen LogP contribution in [0.15, 0.2) is 64.9 Å². The first-order valence-corrected chi connectivity index (χ1v) is 14.2. The van der Waals surface area contributed by atoms with Gasteiger partial charge >= 0.3 is 0 Å². The van der Waals surface area contributed by atoms with Gasteiger partial charge in [0.05, 0.1) is 6.61 Å². The molecule has 8 nitrogen and oxygen atoms in total. The van der Waals surface area contributed by atoms with Gasteiger partial charge in [-0.1, -0.05) is 38.5 Å². The van der Waals surface area contributed by atoms with E-state index in [0.29, 0.717) is 24.4 Å². The van der Waals surface area contributed by atoms with E-state index in [2.05, 4.69) is 71.5 Å². The summed E-state index contributed by atoms with van der Waals surface area (Å²) in [6, 6.07) is 6.48. The van der Waals surface area contributed by atoms with Gasteiger partial charge in [-0.25, -0.2) is 4.99 Å². The summed E-state index contributed by atoms with van der Waals surface area (Å²) in [6.07, 6.45) is 10.9. The zero-order chi connectivity index (χ0) is 29.9. The summed E-state index contributed by atoms with van der Waals surface area (Å²) in [6.45, 7) is 16.2. The van der Waals surface area contributed by atoms with E-state index in [1.54, 1.807) is 24.6 Å². The molecule has 1 amide bonds. The lowest BCUT2D eigenvalue weighted by molar-refractivity contribution is -0.120. The fourth-order valence-electron chi connectivity index (χ4n) is 4.32. The van der Waals surface area contributed by atoms with E-state index < -0.39 is 0 Å². The van der Waals surface area contributed by atoms with Crippen molar-refractivity contribution in [3.05, 3.63) is 66.0 Å². The Morgan fingerprint density at radius 2 is 1.85 bits per heavy atom. The van der Waals surface area contributed by atoms with Crippen LogP contribution in [0.4, 0.5) is 5.69 Å². The maximum Gasteiger partial charge on any atom is 0.224 e. The largest absolute Gasteiger partial charge is 0.390 e. The van der Waals surface area contributed by atoms with Gasteiger partial charge in [-0.05, 0) is 75.8 Å². The quantitative estimate of drug-likeness (QED) is 0.0872. The molecule has 0 radical (unpaired) electrons. The molecule has 0 saturated carbocycles. The lowest BCUT2D eigenvalue weighted by atomic mass is 10.0. The lowest BCUT2D eigenvalue weighted by Gasteiger charge is -2.23. The molecule has 0 unspecified atom stereocenters. The molecule has 40 heavy (non-hydrogen) atoms. The van der Waals surface area contributed by atoms with Crippen LogP contribution in [0.3, 0.4) is 0 Å². The molecule has 0 aliphatic rings. The molecule has 5 N–H and O–H groups in total. The first kappa shape index (κ1) is 34.7. The third-order valence-electron chi connectivity index (χ3n) is 6.21. The molecular weight excluding hydrogens is 500 g/mol. The number of aryl methyl sites for hydroxylation is 2. The fourth-order valence-corrected chi connectivity index (χ4v) is 4.32. The summed E-state index contributed by atoms with van der Waals surface area (Å²) < 4.78 is 0. The standard InChI is InChI=1S/C32H50N6O2/c1-8-12-28(19-25(6)37-32(40)14-11-15-34-29(22-39)13-9-2)36-21-31(33)27(10-3)20-35-26(7)38-30-17-23(4)16-24(5)18-30/h9,11,15-18,20,25,28,33,36,39H,2,8,10,12-14,19,21-22H2,1,3-7H3,(H,35,38)(H,37,40)/b15-11-,27-20-,33-31?,34-29+/t25-,28-/m1/s1. The van der Waals surface area contributed by atoms with Gasteiger partial charge in [0.1, 0.15) is 5.84 Å². The highest BCUT2D eigenvalue weighted by atomic mass is 16.3. The summed E-state index contributed by atoms with van der Waals surface area (Å²) in [7, 11) is 0. The lowest BCUT2D eigenvalue weighted by Crippen LogP contribution is -2.41. The molecule has 0 aliphatic heterocycles. The Hall–Kier alpha value is -3.36. The van der Waals surface area contributed by atoms with E-state index in [4.69, 9.17) is 5.41 Å². The fraction of sp³-hybridized carbons (Fsp3) is 0.500. The Labute approximate surface area is 241 Å². The first-order valence-electron chi connectivity index (χ1n) is 14.2. The van der Waals surface area contributed by atoms with E-state index in [9.17, 15) is 9.90 Å². The minimum atomic E-state index is -0.129. The number of aliphatic imine (C=N–C) groups is 2. The molecule has 0 bridgehead atoms. The molecule has 2 atom stereocenters. The average molecular weight is 551 g/mol. The maximum atomic E-state index is 12.3. The molecule has 1 aromatic carbocycles. The van der Waals surface area contributed by atoms with Gasteiger partial charge in [-0.15, -0.1) is 6.58 Å². The molecule has 8 heteroatoms. The number of hydrogen-bond acceptors (Lipinski definition) is 6. The van der Waals surface area contributed by atoms with Crippen molar-refractivity contribution in [2.45, 2.75) is 92.2 Å². The molecule has 0 saturated heterocycles. The number of carbonyl (C=O) groups excluding carboxylic acids is 1. The second-order valence-corrected chi connectivity index (χ2v) is 10.2. The van der Waals surface area contributed by atoms with Gasteiger partial charge in [0, 0.05) is 61.0 Å². The topological polar surface area (TPSA) is 122 Å². The predicted octanol–water partition coefficient (Wildman–Crippen LogP) is 6.01. The van der Waals surface area contributed by atoms with Crippen LogP contribution >= 0.6 is 0 Å². The summed E-state index contributed by atoms with van der Waals surface area (Å²) in [4.78, 5) is 21.1. The van der Waals surface area contributed by atoms with Crippen molar-refractivity contribution in [1.29, 1.82) is 5.41 Å². The van der Waals surface area contributed by atoms with Gasteiger partial charge in [0.25, 0.3) is 0 Å². The summed E-state index contributed by atoms with van der Waals surface area (Å²) in [5, 5.41) is 27.7. The summed E-state index contributed by atoms with van der Waals surface area (Å²) in [5.74, 6) is 0.701. The second-order valence-electron chi connectivity index (χ2n) is 10.2. The number of anilines is 1. The molecular formula is C32H50N6O2. The summed E-state index contributed by atoms with van der Waals surface area (Å²) in [5.41, 5.74) is 5.42. The van der Waals surface area contributed by atoms with Crippen molar-refractivity contribution in [2.75, 3.05) is 18.5 Å². The predicted molar refractivity (Wildman–Crippen MR) is 171 cm³/mol. The first-order chi connectivity index (χ1) is 19.1. The number of allylic oxidation sites excluding steroid dienone is 1. The van der Waals surface area contributed by atoms with E-state index in [-0.39, 0.29) is 31.0 Å². The Morgan fingerprint density at radius 1 is 1.15 bits per heavy atom. The van der Waals surface area contributed by atoms with Crippen LogP contribution in [0.25, 0.3) is 0 Å². The van der Waals surface area contributed by atoms with Crippen molar-refractivity contribution >= 4 is 28.9 Å². The monoisotopic (exact) mass is 550 g/mol. The van der Waals surface area contributed by atoms with Crippen molar-refractivity contribution in [2.24, 2.45) is 9.98 Å². The van der Waals surface area contributed by atoms with E-state index in [0.717, 1.165) is 42.8 Å². The van der Waals surface area contributed by atoms with Crippen LogP contribution in [0.1, 0.15) is 77.3 Å². The van der Waals surface area contributed by atoms with Crippen molar-refractivity contribution in [3.63, 3.8) is 0 Å². The molecule has 0 fully saturated rings. The minimum absolute atomic E-state index is 0.0128. The number of amides is 1. The zero-order valence-corrected chi connectivity index (χ0v) is 25.3. The average Bonchev–Trinajstić information content (AvgIpc) is 2.88. The minimum Gasteiger partial charge on any atom is -0.390 e. The third-order valence-corrected chi connectivity index (χ3v) is 6.21. The number of nitrogens with one attached hydrogen (secondary N) is 4. The van der Waals surface area contributed by atoms with E-state index >= 15 is 0 Å². The van der Waals surface area contributed by atoms with E-state index in [1.165, 1.54) is 11.1 Å². The van der Waals surface area contributed by atoms with Crippen LogP contribution in [-0.4, -0.2) is 53.5 Å². The van der Waals surface area contributed by atoms with Crippen LogP contribution < -0.4 is 16.0 Å². The smallest absolute Gasteiger partial charge is 0.224 e. The van der Waals surface area contributed by atoms with Crippen molar-refractivity contribution < 1.29 is 9.90 Å². The van der Waals surface area contributed by atoms with Gasteiger partial charge < -0.3 is 26.5 Å². The van der Waals surface area contributed by atoms with Crippen LogP contribution in [0, 0.1) is 19.3 Å². The molecule has 0 aromatic heterocycles. The number of rotatable bonds is 18. The highest BCUT2D eigenvalue weighted by Gasteiger charge is 2.15. The van der Waals surface area contributed by atoms with Crippen molar-refractivity contribution in [1.82, 2.24) is 10.6 Å². The molecule has 1 rings (SSSR count). The second kappa shape index (κ2) is 19.7. The number of aliphatic hydroxyl groups excluding tert-OH is 1. The summed E-state index contributed by atoms with van der Waals surface area (Å²) >= 11 is 0. The number of amidine groups is 1. The Morgan fingerprint density at radius 3 is 2.45 bits per heavy atom. The Bertz CT molecular complexity index is 1070. The highest BCUT2D eigenvalue weighted by Crippen LogP contribution is 2.14. The zero-order valence-electron chi connectivity index (χ0n) is 25.3. The Balaban J connectivity index is 2.64. The van der Waals surface area contributed by atoms with Crippen LogP contribution in [0.2, 0.25) is 0 Å². The SMILES string of the molecule is C=CC/C(CO)=N\C=C/CC(=O)N[C@H](C)C[C@@H](CCC)NCC(=N)/C(=C\N=C(/C)Nc1cc(C)cc(C)c1)CC. The number of aliphatic hydroxyl groups is 1. The van der Waals surface area contributed by atoms with Gasteiger partial charge in [0.2, 0.25) is 5.91 Å².